The van der Waals surface area contributed by atoms with Gasteiger partial charge in [-0.05, 0) is 12.1 Å². The van der Waals surface area contributed by atoms with Gasteiger partial charge in [-0.1, -0.05) is 18.2 Å². The zero-order chi connectivity index (χ0) is 18.4. The molecule has 1 amide bonds. The minimum atomic E-state index is -3.43. The monoisotopic (exact) mass is 368 g/mol. The van der Waals surface area contributed by atoms with Crippen molar-refractivity contribution in [3.05, 3.63) is 46.9 Å². The zero-order valence-electron chi connectivity index (χ0n) is 13.0. The van der Waals surface area contributed by atoms with Gasteiger partial charge < -0.3 is 10.4 Å². The molecule has 0 aliphatic carbocycles. The van der Waals surface area contributed by atoms with Crippen molar-refractivity contribution in [3.8, 4) is 5.88 Å². The minimum Gasteiger partial charge on any atom is -0.493 e. The molecular formula is C16H14F2N2O4S. The third-order valence-corrected chi connectivity index (χ3v) is 5.18. The predicted octanol–water partition coefficient (Wildman–Crippen LogP) is 2.09. The third kappa shape index (κ3) is 3.32. The van der Waals surface area contributed by atoms with E-state index >= 15 is 0 Å². The first-order valence-electron chi connectivity index (χ1n) is 7.30. The minimum absolute atomic E-state index is 0.0348. The number of benzene rings is 1. The van der Waals surface area contributed by atoms with Gasteiger partial charge in [0.05, 0.1) is 17.3 Å². The number of halogens is 2. The number of hydrogen-bond donors (Lipinski definition) is 2. The van der Waals surface area contributed by atoms with Crippen molar-refractivity contribution in [3.63, 3.8) is 0 Å². The van der Waals surface area contributed by atoms with Crippen LogP contribution in [0.5, 0.6) is 5.88 Å². The van der Waals surface area contributed by atoms with Gasteiger partial charge in [0.1, 0.15) is 5.56 Å². The summed E-state index contributed by atoms with van der Waals surface area (Å²) in [5.74, 6) is -5.64. The maximum Gasteiger partial charge on any atom is 0.272 e. The Labute approximate surface area is 142 Å². The number of alkyl halides is 2. The highest BCUT2D eigenvalue weighted by Gasteiger charge is 2.36. The molecule has 1 unspecified atom stereocenters. The molecule has 0 spiro atoms. The number of carbonyl (C=O) groups excluding carboxylic acids is 1. The predicted molar refractivity (Wildman–Crippen MR) is 87.2 cm³/mol. The van der Waals surface area contributed by atoms with E-state index in [0.29, 0.717) is 6.92 Å². The van der Waals surface area contributed by atoms with Gasteiger partial charge in [0.2, 0.25) is 5.88 Å². The van der Waals surface area contributed by atoms with E-state index in [1.807, 2.05) is 0 Å². The van der Waals surface area contributed by atoms with Crippen LogP contribution in [0.2, 0.25) is 0 Å². The summed E-state index contributed by atoms with van der Waals surface area (Å²) >= 11 is 0. The van der Waals surface area contributed by atoms with Crippen molar-refractivity contribution in [1.29, 1.82) is 0 Å². The molecule has 0 saturated carbocycles. The van der Waals surface area contributed by atoms with Gasteiger partial charge in [-0.15, -0.1) is 0 Å². The molecule has 0 fully saturated rings. The highest BCUT2D eigenvalue weighted by atomic mass is 32.2. The van der Waals surface area contributed by atoms with E-state index < -0.39 is 44.7 Å². The van der Waals surface area contributed by atoms with Crippen LogP contribution in [0.3, 0.4) is 0 Å². The van der Waals surface area contributed by atoms with Gasteiger partial charge >= 0.3 is 0 Å². The molecule has 1 aromatic heterocycles. The summed E-state index contributed by atoms with van der Waals surface area (Å²) in [7, 11) is -3.43. The lowest BCUT2D eigenvalue weighted by molar-refractivity contribution is 0.0176. The molecule has 6 nitrogen and oxygen atoms in total. The number of para-hydroxylation sites is 1. The van der Waals surface area contributed by atoms with Gasteiger partial charge in [-0.2, -0.15) is 0 Å². The summed E-state index contributed by atoms with van der Waals surface area (Å²) in [6.45, 7) is 0.616. The number of nitrogens with one attached hydrogen (secondary N) is 1. The molecule has 0 saturated heterocycles. The molecular weight excluding hydrogens is 354 g/mol. The van der Waals surface area contributed by atoms with Gasteiger partial charge in [0, 0.05) is 23.3 Å². The first-order chi connectivity index (χ1) is 11.6. The summed E-state index contributed by atoms with van der Waals surface area (Å²) in [5.41, 5.74) is -1.20. The van der Waals surface area contributed by atoms with Gasteiger partial charge in [-0.3, -0.25) is 4.79 Å². The molecule has 1 aromatic carbocycles. The standard InChI is InChI=1S/C16H14F2N2O4S/c1-16(17,18)13-10-4-2-3-5-11(10)20-15(22)12(13)14(21)19-9-6-7-25(23,24)8-9/h2-7,9H,8H2,1H3,(H,19,21)(H,20,22). The SMILES string of the molecule is CC(F)(F)c1c(C(=O)NC2C=CS(=O)(=O)C2)c(O)nc2ccccc12. The Bertz CT molecular complexity index is 997. The van der Waals surface area contributed by atoms with Crippen LogP contribution >= 0.6 is 0 Å². The van der Waals surface area contributed by atoms with E-state index in [0.717, 1.165) is 5.41 Å². The Kier molecular flexibility index (Phi) is 3.98. The number of sulfone groups is 1. The summed E-state index contributed by atoms with van der Waals surface area (Å²) in [5, 5.41) is 13.4. The first kappa shape index (κ1) is 17.3. The summed E-state index contributed by atoms with van der Waals surface area (Å²) in [6.07, 6.45) is 1.25. The molecule has 1 atom stereocenters. The van der Waals surface area contributed by atoms with E-state index in [1.165, 1.54) is 24.3 Å². The second-order valence-electron chi connectivity index (χ2n) is 5.83. The lowest BCUT2D eigenvalue weighted by atomic mass is 9.97. The van der Waals surface area contributed by atoms with Gasteiger partial charge in [0.15, 0.2) is 9.84 Å². The summed E-state index contributed by atoms with van der Waals surface area (Å²) in [6, 6.07) is 5.05. The zero-order valence-corrected chi connectivity index (χ0v) is 13.8. The first-order valence-corrected chi connectivity index (χ1v) is 9.02. The van der Waals surface area contributed by atoms with Gasteiger partial charge in [0.25, 0.3) is 11.8 Å². The number of rotatable bonds is 3. The number of aromatic hydroxyl groups is 1. The number of aromatic nitrogens is 1. The fraction of sp³-hybridized carbons (Fsp3) is 0.250. The highest BCUT2D eigenvalue weighted by Crippen LogP contribution is 2.38. The second-order valence-corrected chi connectivity index (χ2v) is 7.76. The fourth-order valence-electron chi connectivity index (χ4n) is 2.78. The van der Waals surface area contributed by atoms with Crippen LogP contribution in [0.25, 0.3) is 10.9 Å². The number of fused-ring (bicyclic) bond motifs is 1. The van der Waals surface area contributed by atoms with E-state index in [9.17, 15) is 27.1 Å². The maximum atomic E-state index is 14.2. The van der Waals surface area contributed by atoms with Crippen molar-refractivity contribution < 1.29 is 27.1 Å². The second kappa shape index (κ2) is 5.76. The van der Waals surface area contributed by atoms with Gasteiger partial charge in [-0.25, -0.2) is 22.2 Å². The van der Waals surface area contributed by atoms with Crippen molar-refractivity contribution in [2.45, 2.75) is 18.9 Å². The molecule has 2 aromatic rings. The molecule has 2 N–H and O–H groups in total. The molecule has 2 heterocycles. The molecule has 1 aliphatic heterocycles. The Morgan fingerprint density at radius 3 is 2.64 bits per heavy atom. The summed E-state index contributed by atoms with van der Waals surface area (Å²) < 4.78 is 51.2. The summed E-state index contributed by atoms with van der Waals surface area (Å²) in [4.78, 5) is 16.3. The lowest BCUT2D eigenvalue weighted by Crippen LogP contribution is -2.36. The van der Waals surface area contributed by atoms with Crippen LogP contribution in [-0.4, -0.2) is 36.2 Å². The fourth-order valence-corrected chi connectivity index (χ4v) is 4.01. The largest absolute Gasteiger partial charge is 0.493 e. The van der Waals surface area contributed by atoms with E-state index in [1.54, 1.807) is 6.07 Å². The number of pyridine rings is 1. The third-order valence-electron chi connectivity index (χ3n) is 3.79. The Balaban J connectivity index is 2.10. The van der Waals surface area contributed by atoms with Crippen molar-refractivity contribution in [2.75, 3.05) is 5.75 Å². The molecule has 0 bridgehead atoms. The van der Waals surface area contributed by atoms with Crippen molar-refractivity contribution in [2.24, 2.45) is 0 Å². The highest BCUT2D eigenvalue weighted by molar-refractivity contribution is 7.94. The van der Waals surface area contributed by atoms with E-state index in [4.69, 9.17) is 0 Å². The van der Waals surface area contributed by atoms with Crippen LogP contribution in [-0.2, 0) is 15.8 Å². The molecule has 3 rings (SSSR count). The smallest absolute Gasteiger partial charge is 0.272 e. The Hall–Kier alpha value is -2.55. The normalized spacial score (nSPS) is 19.2. The van der Waals surface area contributed by atoms with Crippen molar-refractivity contribution >= 4 is 26.6 Å². The number of hydrogen-bond acceptors (Lipinski definition) is 5. The number of carbonyl (C=O) groups is 1. The van der Waals surface area contributed by atoms with Crippen LogP contribution in [0.1, 0.15) is 22.8 Å². The lowest BCUT2D eigenvalue weighted by Gasteiger charge is -2.20. The van der Waals surface area contributed by atoms with Crippen molar-refractivity contribution in [1.82, 2.24) is 10.3 Å². The molecule has 132 valence electrons. The molecule has 1 aliphatic rings. The molecule has 9 heteroatoms. The average Bonchev–Trinajstić information content (AvgIpc) is 2.83. The molecule has 25 heavy (non-hydrogen) atoms. The number of amides is 1. The average molecular weight is 368 g/mol. The maximum absolute atomic E-state index is 14.2. The quantitative estimate of drug-likeness (QED) is 0.865. The molecule has 0 radical (unpaired) electrons. The number of nitrogens with zero attached hydrogens (tertiary/aromatic N) is 1. The Morgan fingerprint density at radius 2 is 2.04 bits per heavy atom. The van der Waals surface area contributed by atoms with Crippen LogP contribution in [0.4, 0.5) is 8.78 Å². The Morgan fingerprint density at radius 1 is 1.36 bits per heavy atom. The van der Waals surface area contributed by atoms with Crippen LogP contribution in [0, 0.1) is 0 Å². The van der Waals surface area contributed by atoms with Crippen LogP contribution in [0.15, 0.2) is 35.7 Å². The van der Waals surface area contributed by atoms with E-state index in [2.05, 4.69) is 10.3 Å². The van der Waals surface area contributed by atoms with Crippen LogP contribution < -0.4 is 5.32 Å². The van der Waals surface area contributed by atoms with E-state index in [-0.39, 0.29) is 16.7 Å². The topological polar surface area (TPSA) is 96.4 Å².